The fraction of sp³-hybridized carbons (Fsp3) is 0.818. The Morgan fingerprint density at radius 3 is 2.29 bits per heavy atom. The molecule has 0 aromatic heterocycles. The molecule has 0 fully saturated rings. The van der Waals surface area contributed by atoms with Crippen molar-refractivity contribution in [3.63, 3.8) is 0 Å². The van der Waals surface area contributed by atoms with Gasteiger partial charge in [0.25, 0.3) is 0 Å². The van der Waals surface area contributed by atoms with Crippen molar-refractivity contribution in [2.24, 2.45) is 0 Å². The lowest BCUT2D eigenvalue weighted by molar-refractivity contribution is 0.283. The van der Waals surface area contributed by atoms with Crippen molar-refractivity contribution < 1.29 is 4.43 Å². The van der Waals surface area contributed by atoms with Crippen molar-refractivity contribution >= 4 is 24.2 Å². The maximum Gasteiger partial charge on any atom is 0.191 e. The third-order valence-corrected chi connectivity index (χ3v) is 7.79. The van der Waals surface area contributed by atoms with Gasteiger partial charge in [-0.3, -0.25) is 0 Å². The van der Waals surface area contributed by atoms with E-state index in [0.29, 0.717) is 5.04 Å². The molecule has 0 atom stereocenters. The fourth-order valence-corrected chi connectivity index (χ4v) is 2.16. The monoisotopic (exact) mass is 278 g/mol. The topological polar surface area (TPSA) is 9.23 Å². The van der Waals surface area contributed by atoms with Gasteiger partial charge < -0.3 is 4.43 Å². The predicted molar refractivity (Wildman–Crippen MR) is 70.5 cm³/mol. The summed E-state index contributed by atoms with van der Waals surface area (Å²) in [5.41, 5.74) is 0. The highest BCUT2D eigenvalue weighted by molar-refractivity contribution is 9.11. The zero-order chi connectivity index (χ0) is 11.2. The molecule has 0 aliphatic carbocycles. The van der Waals surface area contributed by atoms with E-state index in [4.69, 9.17) is 4.43 Å². The van der Waals surface area contributed by atoms with E-state index in [0.717, 1.165) is 19.4 Å². The second-order valence-corrected chi connectivity index (χ2v) is 10.5. The fourth-order valence-electron chi connectivity index (χ4n) is 0.808. The lowest BCUT2D eigenvalue weighted by atomic mass is 10.2. The summed E-state index contributed by atoms with van der Waals surface area (Å²) < 4.78 is 6.03. The first kappa shape index (κ1) is 14.4. The van der Waals surface area contributed by atoms with Crippen LogP contribution >= 0.6 is 15.9 Å². The van der Waals surface area contributed by atoms with Crippen LogP contribution in [0.2, 0.25) is 18.1 Å². The summed E-state index contributed by atoms with van der Waals surface area (Å²) >= 11 is 3.26. The SMILES string of the molecule is CC(C)(C)[Si](C)(C)OCCCC=CBr. The summed E-state index contributed by atoms with van der Waals surface area (Å²) in [6, 6.07) is 0. The highest BCUT2D eigenvalue weighted by Crippen LogP contribution is 2.36. The zero-order valence-electron chi connectivity index (χ0n) is 10.1. The van der Waals surface area contributed by atoms with Gasteiger partial charge in [-0.1, -0.05) is 42.8 Å². The van der Waals surface area contributed by atoms with E-state index in [-0.39, 0.29) is 0 Å². The molecule has 1 nitrogen and oxygen atoms in total. The number of allylic oxidation sites excluding steroid dienone is 1. The Hall–Kier alpha value is 0.397. The summed E-state index contributed by atoms with van der Waals surface area (Å²) in [6.45, 7) is 12.3. The van der Waals surface area contributed by atoms with E-state index in [2.05, 4.69) is 55.9 Å². The van der Waals surface area contributed by atoms with Crippen LogP contribution in [0.15, 0.2) is 11.1 Å². The van der Waals surface area contributed by atoms with Gasteiger partial charge in [0.05, 0.1) is 0 Å². The summed E-state index contributed by atoms with van der Waals surface area (Å²) in [5, 5.41) is 0.332. The van der Waals surface area contributed by atoms with E-state index in [1.807, 2.05) is 4.99 Å². The molecule has 0 aromatic carbocycles. The minimum absolute atomic E-state index is 0.332. The Labute approximate surface area is 98.2 Å². The molecule has 3 heteroatoms. The minimum atomic E-state index is -1.50. The van der Waals surface area contributed by atoms with Crippen LogP contribution in [0.1, 0.15) is 33.6 Å². The van der Waals surface area contributed by atoms with Gasteiger partial charge in [-0.2, -0.15) is 0 Å². The van der Waals surface area contributed by atoms with E-state index < -0.39 is 8.32 Å². The molecule has 0 radical (unpaired) electrons. The highest BCUT2D eigenvalue weighted by atomic mass is 79.9. The Balaban J connectivity index is 3.77. The van der Waals surface area contributed by atoms with Crippen LogP contribution in [-0.4, -0.2) is 14.9 Å². The molecule has 0 aromatic rings. The molecular formula is C11H23BrOSi. The standard InChI is InChI=1S/C11H23BrOSi/c1-11(2,3)14(4,5)13-10-8-6-7-9-12/h7,9H,6,8,10H2,1-5H3. The second-order valence-electron chi connectivity index (χ2n) is 5.11. The molecule has 0 rings (SSSR count). The van der Waals surface area contributed by atoms with Crippen molar-refractivity contribution in [1.29, 1.82) is 0 Å². The first-order valence-electron chi connectivity index (χ1n) is 5.20. The smallest absolute Gasteiger partial charge is 0.191 e. The molecule has 0 saturated carbocycles. The van der Waals surface area contributed by atoms with Crippen LogP contribution in [-0.2, 0) is 4.43 Å². The Kier molecular flexibility index (Phi) is 6.26. The Morgan fingerprint density at radius 1 is 1.29 bits per heavy atom. The van der Waals surface area contributed by atoms with Crippen LogP contribution in [0.5, 0.6) is 0 Å². The van der Waals surface area contributed by atoms with Crippen molar-refractivity contribution in [3.05, 3.63) is 11.1 Å². The highest BCUT2D eigenvalue weighted by Gasteiger charge is 2.36. The van der Waals surface area contributed by atoms with E-state index in [9.17, 15) is 0 Å². The van der Waals surface area contributed by atoms with Crippen molar-refractivity contribution in [2.75, 3.05) is 6.61 Å². The largest absolute Gasteiger partial charge is 0.417 e. The maximum atomic E-state index is 6.03. The van der Waals surface area contributed by atoms with E-state index in [1.54, 1.807) is 0 Å². The number of hydrogen-bond acceptors (Lipinski definition) is 1. The summed E-state index contributed by atoms with van der Waals surface area (Å²) in [5.74, 6) is 0. The molecule has 0 aliphatic rings. The average Bonchev–Trinajstić information content (AvgIpc) is 2.02. The van der Waals surface area contributed by atoms with Crippen LogP contribution in [0.3, 0.4) is 0 Å². The molecule has 0 aliphatic heterocycles. The minimum Gasteiger partial charge on any atom is -0.417 e. The van der Waals surface area contributed by atoms with Gasteiger partial charge in [0, 0.05) is 6.61 Å². The van der Waals surface area contributed by atoms with Crippen molar-refractivity contribution in [3.8, 4) is 0 Å². The van der Waals surface area contributed by atoms with Gasteiger partial charge in [0.15, 0.2) is 8.32 Å². The molecule has 0 amide bonds. The summed E-state index contributed by atoms with van der Waals surface area (Å²) in [4.78, 5) is 1.92. The van der Waals surface area contributed by atoms with Crippen LogP contribution in [0.4, 0.5) is 0 Å². The van der Waals surface area contributed by atoms with E-state index in [1.165, 1.54) is 0 Å². The maximum absolute atomic E-state index is 6.03. The lowest BCUT2D eigenvalue weighted by Crippen LogP contribution is -2.40. The molecule has 0 saturated heterocycles. The van der Waals surface area contributed by atoms with Gasteiger partial charge in [-0.15, -0.1) is 0 Å². The number of hydrogen-bond donors (Lipinski definition) is 0. The van der Waals surface area contributed by atoms with Gasteiger partial charge >= 0.3 is 0 Å². The van der Waals surface area contributed by atoms with Crippen molar-refractivity contribution in [2.45, 2.75) is 51.7 Å². The number of unbranched alkanes of at least 4 members (excludes halogenated alkanes) is 1. The van der Waals surface area contributed by atoms with Gasteiger partial charge in [-0.25, -0.2) is 0 Å². The van der Waals surface area contributed by atoms with Gasteiger partial charge in [0.2, 0.25) is 0 Å². The average molecular weight is 279 g/mol. The Morgan fingerprint density at radius 2 is 1.86 bits per heavy atom. The molecule has 0 heterocycles. The number of rotatable bonds is 5. The molecular weight excluding hydrogens is 256 g/mol. The van der Waals surface area contributed by atoms with E-state index >= 15 is 0 Å². The molecule has 84 valence electrons. The quantitative estimate of drug-likeness (QED) is 0.523. The molecule has 0 unspecified atom stereocenters. The molecule has 14 heavy (non-hydrogen) atoms. The first-order valence-corrected chi connectivity index (χ1v) is 9.03. The molecule has 0 N–H and O–H groups in total. The van der Waals surface area contributed by atoms with Gasteiger partial charge in [-0.05, 0) is 36.0 Å². The van der Waals surface area contributed by atoms with Crippen LogP contribution in [0, 0.1) is 0 Å². The third kappa shape index (κ3) is 5.32. The molecule has 0 bridgehead atoms. The predicted octanol–water partition coefficient (Wildman–Crippen LogP) is 4.70. The summed E-state index contributed by atoms with van der Waals surface area (Å²) in [6.07, 6.45) is 4.34. The second kappa shape index (κ2) is 6.08. The van der Waals surface area contributed by atoms with Crippen LogP contribution < -0.4 is 0 Å². The first-order chi connectivity index (χ1) is 6.31. The number of halogens is 1. The third-order valence-electron chi connectivity index (χ3n) is 2.87. The lowest BCUT2D eigenvalue weighted by Gasteiger charge is -2.36. The van der Waals surface area contributed by atoms with Crippen LogP contribution in [0.25, 0.3) is 0 Å². The summed E-state index contributed by atoms with van der Waals surface area (Å²) in [7, 11) is -1.50. The molecule has 0 spiro atoms. The Bertz CT molecular complexity index is 182. The van der Waals surface area contributed by atoms with Gasteiger partial charge in [0.1, 0.15) is 0 Å². The van der Waals surface area contributed by atoms with Crippen molar-refractivity contribution in [1.82, 2.24) is 0 Å². The zero-order valence-corrected chi connectivity index (χ0v) is 12.6. The normalized spacial score (nSPS) is 13.9.